The van der Waals surface area contributed by atoms with Crippen molar-refractivity contribution in [3.05, 3.63) is 69.7 Å². The van der Waals surface area contributed by atoms with E-state index in [0.29, 0.717) is 11.4 Å². The van der Waals surface area contributed by atoms with Crippen molar-refractivity contribution in [2.45, 2.75) is 23.4 Å². The van der Waals surface area contributed by atoms with Crippen LogP contribution in [0.4, 0.5) is 5.69 Å². The second-order valence-corrected chi connectivity index (χ2v) is 8.47. The summed E-state index contributed by atoms with van der Waals surface area (Å²) in [5.74, 6) is 1.33. The molecule has 0 fully saturated rings. The van der Waals surface area contributed by atoms with Gasteiger partial charge < -0.3 is 10.1 Å². The lowest BCUT2D eigenvalue weighted by Crippen LogP contribution is -2.15. The third-order valence-electron chi connectivity index (χ3n) is 3.75. The first-order valence-electron chi connectivity index (χ1n) is 8.29. The molecule has 0 aliphatic heterocycles. The number of anilines is 1. The summed E-state index contributed by atoms with van der Waals surface area (Å²) in [7, 11) is 1.59. The van der Waals surface area contributed by atoms with Crippen LogP contribution in [0.1, 0.15) is 16.8 Å². The largest absolute Gasteiger partial charge is 0.495 e. The molecule has 4 nitrogen and oxygen atoms in total. The van der Waals surface area contributed by atoms with Gasteiger partial charge in [-0.05, 0) is 42.3 Å². The lowest BCUT2D eigenvalue weighted by atomic mass is 10.2. The maximum atomic E-state index is 12.3. The van der Waals surface area contributed by atoms with Crippen LogP contribution >= 0.6 is 34.7 Å². The summed E-state index contributed by atoms with van der Waals surface area (Å²) < 4.78 is 6.26. The number of nitrogens with zero attached hydrogens (tertiary/aromatic N) is 1. The number of benzene rings is 2. The van der Waals surface area contributed by atoms with E-state index in [1.165, 1.54) is 0 Å². The number of hydrogen-bond donors (Lipinski definition) is 1. The van der Waals surface area contributed by atoms with E-state index in [2.05, 4.69) is 10.3 Å². The van der Waals surface area contributed by atoms with Crippen LogP contribution in [0.3, 0.4) is 0 Å². The average Bonchev–Trinajstić information content (AvgIpc) is 3.08. The van der Waals surface area contributed by atoms with Crippen LogP contribution in [0.15, 0.2) is 52.2 Å². The molecule has 0 aliphatic carbocycles. The van der Waals surface area contributed by atoms with Gasteiger partial charge in [-0.15, -0.1) is 11.3 Å². The maximum absolute atomic E-state index is 12.3. The smallest absolute Gasteiger partial charge is 0.230 e. The molecule has 1 N–H and O–H groups in total. The number of rotatable bonds is 7. The average molecular weight is 419 g/mol. The van der Waals surface area contributed by atoms with Gasteiger partial charge >= 0.3 is 0 Å². The number of ether oxygens (including phenoxy) is 1. The van der Waals surface area contributed by atoms with E-state index < -0.39 is 0 Å². The van der Waals surface area contributed by atoms with Gasteiger partial charge in [0, 0.05) is 16.2 Å². The monoisotopic (exact) mass is 418 g/mol. The van der Waals surface area contributed by atoms with Crippen molar-refractivity contribution in [3.63, 3.8) is 0 Å². The van der Waals surface area contributed by atoms with Crippen molar-refractivity contribution in [1.82, 2.24) is 4.98 Å². The number of thioether (sulfide) groups is 1. The van der Waals surface area contributed by atoms with Crippen molar-refractivity contribution >= 4 is 46.3 Å². The number of hydrogen-bond acceptors (Lipinski definition) is 5. The molecule has 0 saturated carbocycles. The van der Waals surface area contributed by atoms with Gasteiger partial charge in [0.25, 0.3) is 0 Å². The minimum Gasteiger partial charge on any atom is -0.495 e. The number of aryl methyl sites for hydroxylation is 1. The molecule has 1 amide bonds. The summed E-state index contributed by atoms with van der Waals surface area (Å²) in [6.07, 6.45) is 0.227. The number of methoxy groups -OCH3 is 1. The van der Waals surface area contributed by atoms with E-state index in [0.717, 1.165) is 31.9 Å². The van der Waals surface area contributed by atoms with E-state index in [1.807, 2.05) is 54.8 Å². The zero-order chi connectivity index (χ0) is 19.2. The first kappa shape index (κ1) is 19.7. The van der Waals surface area contributed by atoms with Gasteiger partial charge in [0.2, 0.25) is 5.91 Å². The molecule has 0 unspecified atom stereocenters. The third-order valence-corrected chi connectivity index (χ3v) is 6.13. The van der Waals surface area contributed by atoms with Crippen molar-refractivity contribution < 1.29 is 9.53 Å². The van der Waals surface area contributed by atoms with E-state index in [4.69, 9.17) is 16.3 Å². The summed E-state index contributed by atoms with van der Waals surface area (Å²) >= 11 is 9.19. The second kappa shape index (κ2) is 9.26. The fourth-order valence-electron chi connectivity index (χ4n) is 2.47. The predicted molar refractivity (Wildman–Crippen MR) is 113 cm³/mol. The summed E-state index contributed by atoms with van der Waals surface area (Å²) in [5.41, 5.74) is 3.65. The molecular weight excluding hydrogens is 400 g/mol. The van der Waals surface area contributed by atoms with Crippen LogP contribution in [0, 0.1) is 6.92 Å². The molecule has 0 atom stereocenters. The summed E-state index contributed by atoms with van der Waals surface area (Å²) in [5, 5.41) is 5.55. The minimum atomic E-state index is -0.117. The molecule has 3 aromatic rings. The zero-order valence-electron chi connectivity index (χ0n) is 15.0. The van der Waals surface area contributed by atoms with Gasteiger partial charge in [0.05, 0.1) is 24.9 Å². The quantitative estimate of drug-likeness (QED) is 0.508. The van der Waals surface area contributed by atoms with E-state index in [1.54, 1.807) is 30.2 Å². The number of nitrogens with one attached hydrogen (secondary N) is 1. The molecule has 2 aromatic carbocycles. The van der Waals surface area contributed by atoms with Crippen molar-refractivity contribution in [2.24, 2.45) is 0 Å². The Morgan fingerprint density at radius 2 is 2.15 bits per heavy atom. The number of carbonyl (C=O) groups excluding carboxylic acids is 1. The topological polar surface area (TPSA) is 51.2 Å². The van der Waals surface area contributed by atoms with Gasteiger partial charge in [-0.3, -0.25) is 4.79 Å². The highest BCUT2D eigenvalue weighted by molar-refractivity contribution is 8.00. The lowest BCUT2D eigenvalue weighted by molar-refractivity contribution is -0.115. The molecule has 0 aliphatic rings. The van der Waals surface area contributed by atoms with Crippen LogP contribution in [-0.2, 0) is 17.0 Å². The molecule has 140 valence electrons. The molecule has 7 heteroatoms. The Morgan fingerprint density at radius 3 is 2.93 bits per heavy atom. The summed E-state index contributed by atoms with van der Waals surface area (Å²) in [6.45, 7) is 1.98. The van der Waals surface area contributed by atoms with Crippen LogP contribution in [-0.4, -0.2) is 18.0 Å². The Kier molecular flexibility index (Phi) is 6.77. The molecule has 0 spiro atoms. The van der Waals surface area contributed by atoms with E-state index in [-0.39, 0.29) is 12.3 Å². The Balaban J connectivity index is 1.56. The standard InChI is InChI=1S/C20H19ClN2O2S2/c1-13-6-7-17(18(8-13)25-2)23-19(24)10-16-12-27-20(22-16)26-11-14-4-3-5-15(21)9-14/h3-9,12H,10-11H2,1-2H3,(H,23,24). The summed E-state index contributed by atoms with van der Waals surface area (Å²) in [6, 6.07) is 13.5. The molecule has 1 aromatic heterocycles. The van der Waals surface area contributed by atoms with E-state index in [9.17, 15) is 4.79 Å². The van der Waals surface area contributed by atoms with Gasteiger partial charge in [-0.2, -0.15) is 0 Å². The van der Waals surface area contributed by atoms with Crippen molar-refractivity contribution in [2.75, 3.05) is 12.4 Å². The highest BCUT2D eigenvalue weighted by Gasteiger charge is 2.11. The van der Waals surface area contributed by atoms with Gasteiger partial charge in [-0.25, -0.2) is 4.98 Å². The second-order valence-electron chi connectivity index (χ2n) is 5.95. The predicted octanol–water partition coefficient (Wildman–Crippen LogP) is 5.59. The van der Waals surface area contributed by atoms with Crippen LogP contribution in [0.25, 0.3) is 0 Å². The van der Waals surface area contributed by atoms with Gasteiger partial charge in [-0.1, -0.05) is 41.6 Å². The van der Waals surface area contributed by atoms with E-state index >= 15 is 0 Å². The molecule has 0 saturated heterocycles. The number of carbonyl (C=O) groups is 1. The first-order chi connectivity index (χ1) is 13.0. The molecule has 3 rings (SSSR count). The maximum Gasteiger partial charge on any atom is 0.230 e. The molecule has 0 radical (unpaired) electrons. The van der Waals surface area contributed by atoms with Crippen LogP contribution in [0.2, 0.25) is 5.02 Å². The van der Waals surface area contributed by atoms with Gasteiger partial charge in [0.1, 0.15) is 10.1 Å². The highest BCUT2D eigenvalue weighted by Crippen LogP contribution is 2.28. The lowest BCUT2D eigenvalue weighted by Gasteiger charge is -2.10. The Bertz CT molecular complexity index is 943. The normalized spacial score (nSPS) is 10.6. The zero-order valence-corrected chi connectivity index (χ0v) is 17.4. The number of thiazole rings is 1. The number of halogens is 1. The van der Waals surface area contributed by atoms with Gasteiger partial charge in [0.15, 0.2) is 0 Å². The van der Waals surface area contributed by atoms with Crippen molar-refractivity contribution in [3.8, 4) is 5.75 Å². The summed E-state index contributed by atoms with van der Waals surface area (Å²) in [4.78, 5) is 16.9. The third kappa shape index (κ3) is 5.73. The molecular formula is C20H19ClN2O2S2. The highest BCUT2D eigenvalue weighted by atomic mass is 35.5. The van der Waals surface area contributed by atoms with Crippen LogP contribution in [0.5, 0.6) is 5.75 Å². The first-order valence-corrected chi connectivity index (χ1v) is 10.5. The Labute approximate surface area is 171 Å². The van der Waals surface area contributed by atoms with Crippen LogP contribution < -0.4 is 10.1 Å². The molecule has 0 bridgehead atoms. The number of aromatic nitrogens is 1. The minimum absolute atomic E-state index is 0.117. The fraction of sp³-hybridized carbons (Fsp3) is 0.200. The Hall–Kier alpha value is -2.02. The van der Waals surface area contributed by atoms with Crippen molar-refractivity contribution in [1.29, 1.82) is 0 Å². The Morgan fingerprint density at radius 1 is 1.30 bits per heavy atom. The fourth-order valence-corrected chi connectivity index (χ4v) is 4.47. The number of amides is 1. The molecule has 1 heterocycles. The molecule has 27 heavy (non-hydrogen) atoms. The SMILES string of the molecule is COc1cc(C)ccc1NC(=O)Cc1csc(SCc2cccc(Cl)c2)n1.